The average Bonchev–Trinajstić information content (AvgIpc) is 2.46. The normalized spacial score (nSPS) is 10.5. The van der Waals surface area contributed by atoms with Crippen molar-refractivity contribution < 1.29 is 8.78 Å². The van der Waals surface area contributed by atoms with Gasteiger partial charge >= 0.3 is 12.2 Å². The predicted octanol–water partition coefficient (Wildman–Crippen LogP) is -0.500. The van der Waals surface area contributed by atoms with Crippen molar-refractivity contribution in [3.05, 3.63) is 18.4 Å². The van der Waals surface area contributed by atoms with Crippen LogP contribution < -0.4 is 11.5 Å². The van der Waals surface area contributed by atoms with Gasteiger partial charge in [-0.15, -0.1) is 0 Å². The van der Waals surface area contributed by atoms with Crippen molar-refractivity contribution in [1.29, 1.82) is 0 Å². The first-order valence-electron chi connectivity index (χ1n) is 3.74. The molecule has 7 nitrogen and oxygen atoms in total. The van der Waals surface area contributed by atoms with E-state index in [2.05, 4.69) is 20.1 Å². The van der Waals surface area contributed by atoms with Crippen LogP contribution in [0.3, 0.4) is 0 Å². The van der Waals surface area contributed by atoms with Crippen molar-refractivity contribution in [3.63, 3.8) is 0 Å². The third-order valence-electron chi connectivity index (χ3n) is 1.59. The minimum atomic E-state index is -1.26. The highest BCUT2D eigenvalue weighted by atomic mass is 19.1. The highest BCUT2D eigenvalue weighted by Gasteiger charge is 2.12. The van der Waals surface area contributed by atoms with E-state index in [0.717, 1.165) is 4.68 Å². The molecule has 4 N–H and O–H groups in total. The largest absolute Gasteiger partial charge is 0.394 e. The fourth-order valence-corrected chi connectivity index (χ4v) is 0.941. The van der Waals surface area contributed by atoms with E-state index in [1.54, 1.807) is 0 Å². The van der Waals surface area contributed by atoms with E-state index in [1.165, 1.54) is 6.20 Å². The van der Waals surface area contributed by atoms with Crippen molar-refractivity contribution in [2.75, 3.05) is 11.5 Å². The highest BCUT2D eigenvalue weighted by Crippen LogP contribution is 2.15. The van der Waals surface area contributed by atoms with Gasteiger partial charge in [-0.2, -0.15) is 33.5 Å². The zero-order valence-electron chi connectivity index (χ0n) is 7.22. The Morgan fingerprint density at radius 2 is 1.67 bits per heavy atom. The van der Waals surface area contributed by atoms with Gasteiger partial charge in [0, 0.05) is 0 Å². The van der Waals surface area contributed by atoms with Gasteiger partial charge in [0.25, 0.3) is 5.95 Å². The SMILES string of the molecule is Nc1cnn(-c2nc(F)nc(F)n2)c1N. The lowest BCUT2D eigenvalue weighted by Gasteiger charge is -2.01. The van der Waals surface area contributed by atoms with E-state index in [4.69, 9.17) is 11.5 Å². The van der Waals surface area contributed by atoms with Gasteiger partial charge in [-0.25, -0.2) is 0 Å². The molecule has 0 aromatic carbocycles. The molecule has 0 amide bonds. The van der Waals surface area contributed by atoms with E-state index in [9.17, 15) is 8.78 Å². The maximum absolute atomic E-state index is 12.6. The van der Waals surface area contributed by atoms with E-state index in [1.807, 2.05) is 0 Å². The highest BCUT2D eigenvalue weighted by molar-refractivity contribution is 5.59. The lowest BCUT2D eigenvalue weighted by atomic mass is 10.5. The van der Waals surface area contributed by atoms with Gasteiger partial charge in [0.1, 0.15) is 0 Å². The Balaban J connectivity index is 2.58. The molecule has 9 heteroatoms. The molecule has 0 fully saturated rings. The van der Waals surface area contributed by atoms with E-state index < -0.39 is 12.2 Å². The molecule has 2 aromatic heterocycles. The Kier molecular flexibility index (Phi) is 1.92. The first-order valence-corrected chi connectivity index (χ1v) is 3.74. The maximum Gasteiger partial charge on any atom is 0.315 e. The number of nitrogens with zero attached hydrogens (tertiary/aromatic N) is 5. The van der Waals surface area contributed by atoms with Crippen LogP contribution in [0, 0.1) is 12.2 Å². The molecule has 0 unspecified atom stereocenters. The van der Waals surface area contributed by atoms with Crippen molar-refractivity contribution >= 4 is 11.5 Å². The van der Waals surface area contributed by atoms with Gasteiger partial charge in [-0.1, -0.05) is 0 Å². The molecule has 0 aliphatic carbocycles. The second-order valence-electron chi connectivity index (χ2n) is 2.57. The van der Waals surface area contributed by atoms with E-state index in [-0.39, 0.29) is 17.5 Å². The van der Waals surface area contributed by atoms with Crippen molar-refractivity contribution in [3.8, 4) is 5.95 Å². The van der Waals surface area contributed by atoms with Gasteiger partial charge in [-0.05, 0) is 0 Å². The number of anilines is 2. The molecular formula is C6H5F2N7. The number of halogens is 2. The van der Waals surface area contributed by atoms with Crippen LogP contribution in [0.4, 0.5) is 20.3 Å². The average molecular weight is 213 g/mol. The summed E-state index contributed by atoms with van der Waals surface area (Å²) in [5.41, 5.74) is 11.0. The van der Waals surface area contributed by atoms with Crippen molar-refractivity contribution in [2.24, 2.45) is 0 Å². The third-order valence-corrected chi connectivity index (χ3v) is 1.59. The standard InChI is InChI=1S/C6H5F2N7/c7-4-12-5(8)14-6(13-4)15-3(10)2(9)1-11-15/h1H,9-10H2. The molecule has 0 aliphatic heterocycles. The number of rotatable bonds is 1. The predicted molar refractivity (Wildman–Crippen MR) is 45.7 cm³/mol. The second kappa shape index (κ2) is 3.12. The number of hydrogen-bond acceptors (Lipinski definition) is 6. The fourth-order valence-electron chi connectivity index (χ4n) is 0.941. The molecule has 0 saturated heterocycles. The lowest BCUT2D eigenvalue weighted by Crippen LogP contribution is -2.11. The molecule has 0 spiro atoms. The fraction of sp³-hybridized carbons (Fsp3) is 0. The smallest absolute Gasteiger partial charge is 0.315 e. The minimum absolute atomic E-state index is 0.000000000000000222. The summed E-state index contributed by atoms with van der Waals surface area (Å²) >= 11 is 0. The van der Waals surface area contributed by atoms with Crippen LogP contribution in [0.25, 0.3) is 5.95 Å². The van der Waals surface area contributed by atoms with Gasteiger partial charge in [0.15, 0.2) is 5.82 Å². The van der Waals surface area contributed by atoms with Crippen LogP contribution in [0.1, 0.15) is 0 Å². The zero-order chi connectivity index (χ0) is 11.0. The molecule has 0 bridgehead atoms. The molecule has 0 radical (unpaired) electrons. The number of hydrogen-bond donors (Lipinski definition) is 2. The molecule has 0 aliphatic rings. The molecule has 0 atom stereocenters. The summed E-state index contributed by atoms with van der Waals surface area (Å²) in [5.74, 6) is -0.366. The monoisotopic (exact) mass is 213 g/mol. The van der Waals surface area contributed by atoms with E-state index >= 15 is 0 Å². The molecule has 2 rings (SSSR count). The zero-order valence-corrected chi connectivity index (χ0v) is 7.22. The van der Waals surface area contributed by atoms with Crippen LogP contribution in [0.15, 0.2) is 6.20 Å². The Labute approximate surface area is 81.8 Å². The van der Waals surface area contributed by atoms with Gasteiger partial charge in [0.2, 0.25) is 0 Å². The topological polar surface area (TPSA) is 109 Å². The summed E-state index contributed by atoms with van der Waals surface area (Å²) in [7, 11) is 0. The van der Waals surface area contributed by atoms with Crippen LogP contribution in [0.5, 0.6) is 0 Å². The van der Waals surface area contributed by atoms with Crippen LogP contribution in [-0.2, 0) is 0 Å². The lowest BCUT2D eigenvalue weighted by molar-refractivity contribution is 0.448. The first-order chi connectivity index (χ1) is 7.08. The molecule has 2 aromatic rings. The van der Waals surface area contributed by atoms with Crippen LogP contribution in [0.2, 0.25) is 0 Å². The summed E-state index contributed by atoms with van der Waals surface area (Å²) in [6.07, 6.45) is -1.30. The molecule has 78 valence electrons. The number of nitrogens with two attached hydrogens (primary N) is 2. The summed E-state index contributed by atoms with van der Waals surface area (Å²) < 4.78 is 26.2. The van der Waals surface area contributed by atoms with Gasteiger partial charge < -0.3 is 11.5 Å². The summed E-state index contributed by atoms with van der Waals surface area (Å²) in [6.45, 7) is 0. The molecular weight excluding hydrogens is 208 g/mol. The van der Waals surface area contributed by atoms with Crippen LogP contribution >= 0.6 is 0 Å². The third kappa shape index (κ3) is 1.54. The van der Waals surface area contributed by atoms with Crippen molar-refractivity contribution in [2.45, 2.75) is 0 Å². The number of aromatic nitrogens is 5. The van der Waals surface area contributed by atoms with E-state index in [0.29, 0.717) is 0 Å². The molecule has 2 heterocycles. The molecule has 15 heavy (non-hydrogen) atoms. The van der Waals surface area contributed by atoms with Crippen LogP contribution in [-0.4, -0.2) is 24.7 Å². The summed E-state index contributed by atoms with van der Waals surface area (Å²) in [5, 5.41) is 3.65. The Morgan fingerprint density at radius 3 is 2.13 bits per heavy atom. The van der Waals surface area contributed by atoms with Gasteiger partial charge in [-0.3, -0.25) is 0 Å². The Hall–Kier alpha value is -2.32. The first kappa shape index (κ1) is 9.24. The quantitative estimate of drug-likeness (QED) is 0.661. The van der Waals surface area contributed by atoms with Crippen molar-refractivity contribution in [1.82, 2.24) is 24.7 Å². The van der Waals surface area contributed by atoms with Gasteiger partial charge in [0.05, 0.1) is 11.9 Å². The minimum Gasteiger partial charge on any atom is -0.394 e. The second-order valence-corrected chi connectivity index (χ2v) is 2.57. The summed E-state index contributed by atoms with van der Waals surface area (Å²) in [4.78, 5) is 9.16. The summed E-state index contributed by atoms with van der Waals surface area (Å²) in [6, 6.07) is 0. The Morgan fingerprint density at radius 1 is 1.07 bits per heavy atom. The molecule has 0 saturated carbocycles. The maximum atomic E-state index is 12.6. The Bertz CT molecular complexity index is 488. The number of nitrogen functional groups attached to an aromatic ring is 2.